The van der Waals surface area contributed by atoms with E-state index < -0.39 is 0 Å². The number of aliphatic imine (C=N–C) groups is 2. The van der Waals surface area contributed by atoms with Crippen molar-refractivity contribution in [2.24, 2.45) is 20.2 Å². The molecule has 1 N–H and O–H groups in total. The lowest BCUT2D eigenvalue weighted by Gasteiger charge is -2.17. The quantitative estimate of drug-likeness (QED) is 0.204. The average molecular weight is 544 g/mol. The molecule has 0 unspecified atom stereocenters. The summed E-state index contributed by atoms with van der Waals surface area (Å²) >= 11 is 13.5. The van der Waals surface area contributed by atoms with Crippen LogP contribution in [0.4, 0.5) is 17.1 Å². The number of rotatable bonds is 5. The van der Waals surface area contributed by atoms with Crippen LogP contribution in [0.1, 0.15) is 5.56 Å². The third kappa shape index (κ3) is 5.91. The molecule has 9 heteroatoms. The Morgan fingerprint density at radius 3 is 2.00 bits per heavy atom. The van der Waals surface area contributed by atoms with Gasteiger partial charge in [-0.2, -0.15) is 5.10 Å². The molecule has 0 amide bonds. The van der Waals surface area contributed by atoms with Gasteiger partial charge in [-0.15, -0.1) is 5.10 Å². The molecule has 0 atom stereocenters. The SMILES string of the molecule is Oc1c(Cl)cc(Cl)cc1/C=N/N=C1SC(=Nc2ccccc2)C(=Nc2ccccc2)N1c1ccccc1. The van der Waals surface area contributed by atoms with E-state index in [0.29, 0.717) is 26.6 Å². The standard InChI is InChI=1S/C28H19Cl2N5OS/c29-20-16-19(25(36)24(30)17-20)18-31-34-28-35(23-14-8-3-9-15-23)26(32-21-10-4-1-5-11-21)27(37-28)33-22-12-6-2-7-13-22/h1-18,36H/b31-18+,32-26?,33-27?,34-28?. The van der Waals surface area contributed by atoms with Crippen LogP contribution in [0.15, 0.2) is 123 Å². The number of thioether (sulfide) groups is 1. The maximum absolute atomic E-state index is 10.3. The third-order valence-corrected chi connectivity index (χ3v) is 6.59. The highest BCUT2D eigenvalue weighted by Crippen LogP contribution is 2.33. The Hall–Kier alpha value is -3.91. The van der Waals surface area contributed by atoms with Crippen LogP contribution >= 0.6 is 35.0 Å². The Morgan fingerprint density at radius 2 is 1.35 bits per heavy atom. The zero-order chi connectivity index (χ0) is 25.6. The smallest absolute Gasteiger partial charge is 0.202 e. The summed E-state index contributed by atoms with van der Waals surface area (Å²) in [7, 11) is 0. The number of hydrogen-bond donors (Lipinski definition) is 1. The fourth-order valence-electron chi connectivity index (χ4n) is 3.48. The molecule has 0 spiro atoms. The second kappa shape index (κ2) is 11.4. The van der Waals surface area contributed by atoms with Gasteiger partial charge in [0.2, 0.25) is 5.17 Å². The number of phenolic OH excluding ortho intramolecular Hbond substituents is 1. The van der Waals surface area contributed by atoms with Gasteiger partial charge in [-0.25, -0.2) is 9.98 Å². The highest BCUT2D eigenvalue weighted by atomic mass is 35.5. The first-order valence-corrected chi connectivity index (χ1v) is 12.8. The molecule has 1 aliphatic rings. The van der Waals surface area contributed by atoms with Gasteiger partial charge in [-0.05, 0) is 60.3 Å². The summed E-state index contributed by atoms with van der Waals surface area (Å²) in [6, 6.07) is 32.1. The van der Waals surface area contributed by atoms with Crippen LogP contribution in [0.3, 0.4) is 0 Å². The molecule has 4 aromatic rings. The second-order valence-corrected chi connectivity index (χ2v) is 9.55. The van der Waals surface area contributed by atoms with Crippen molar-refractivity contribution in [2.75, 3.05) is 4.90 Å². The third-order valence-electron chi connectivity index (χ3n) is 5.17. The number of aromatic hydroxyl groups is 1. The van der Waals surface area contributed by atoms with Crippen molar-refractivity contribution >= 4 is 74.3 Å². The molecule has 0 radical (unpaired) electrons. The lowest BCUT2D eigenvalue weighted by Crippen LogP contribution is -2.30. The molecule has 1 saturated heterocycles. The fraction of sp³-hybridized carbons (Fsp3) is 0. The number of benzene rings is 4. The highest BCUT2D eigenvalue weighted by Gasteiger charge is 2.34. The zero-order valence-electron chi connectivity index (χ0n) is 19.2. The average Bonchev–Trinajstić information content (AvgIpc) is 3.24. The Kier molecular flexibility index (Phi) is 7.65. The molecule has 182 valence electrons. The van der Waals surface area contributed by atoms with Crippen molar-refractivity contribution in [1.29, 1.82) is 0 Å². The topological polar surface area (TPSA) is 72.9 Å². The molecular weight excluding hydrogens is 525 g/mol. The van der Waals surface area contributed by atoms with E-state index in [2.05, 4.69) is 10.2 Å². The van der Waals surface area contributed by atoms with Crippen molar-refractivity contribution in [1.82, 2.24) is 0 Å². The molecule has 4 aromatic carbocycles. The van der Waals surface area contributed by atoms with Gasteiger partial charge >= 0.3 is 0 Å². The van der Waals surface area contributed by atoms with E-state index in [-0.39, 0.29) is 10.8 Å². The van der Waals surface area contributed by atoms with Crippen molar-refractivity contribution < 1.29 is 5.11 Å². The predicted molar refractivity (Wildman–Crippen MR) is 157 cm³/mol. The molecule has 1 fully saturated rings. The number of amidine groups is 2. The zero-order valence-corrected chi connectivity index (χ0v) is 21.6. The van der Waals surface area contributed by atoms with Gasteiger partial charge in [0.25, 0.3) is 0 Å². The Balaban J connectivity index is 1.62. The Morgan fingerprint density at radius 1 is 0.757 bits per heavy atom. The summed E-state index contributed by atoms with van der Waals surface area (Å²) in [6.07, 6.45) is 1.41. The molecule has 6 nitrogen and oxygen atoms in total. The first-order valence-electron chi connectivity index (χ1n) is 11.2. The van der Waals surface area contributed by atoms with Gasteiger partial charge in [0.1, 0.15) is 10.8 Å². The predicted octanol–water partition coefficient (Wildman–Crippen LogP) is 8.10. The van der Waals surface area contributed by atoms with Crippen molar-refractivity contribution in [3.8, 4) is 5.75 Å². The van der Waals surface area contributed by atoms with Crippen LogP contribution in [0.25, 0.3) is 0 Å². The monoisotopic (exact) mass is 543 g/mol. The second-order valence-electron chi connectivity index (χ2n) is 7.75. The van der Waals surface area contributed by atoms with Gasteiger partial charge in [-0.3, -0.25) is 4.90 Å². The van der Waals surface area contributed by atoms with Gasteiger partial charge in [0.15, 0.2) is 5.84 Å². The summed E-state index contributed by atoms with van der Waals surface area (Å²) in [6.45, 7) is 0. The number of halogens is 2. The normalized spacial score (nSPS) is 16.9. The maximum atomic E-state index is 10.3. The number of anilines is 1. The van der Waals surface area contributed by atoms with Gasteiger partial charge in [0, 0.05) is 16.3 Å². The molecule has 1 aliphatic heterocycles. The molecular formula is C28H19Cl2N5OS. The first-order chi connectivity index (χ1) is 18.1. The maximum Gasteiger partial charge on any atom is 0.202 e. The summed E-state index contributed by atoms with van der Waals surface area (Å²) in [5.41, 5.74) is 2.78. The molecule has 0 bridgehead atoms. The number of nitrogens with zero attached hydrogens (tertiary/aromatic N) is 5. The summed E-state index contributed by atoms with van der Waals surface area (Å²) in [4.78, 5) is 11.7. The molecule has 37 heavy (non-hydrogen) atoms. The van der Waals surface area contributed by atoms with Crippen molar-refractivity contribution in [3.63, 3.8) is 0 Å². The van der Waals surface area contributed by atoms with E-state index in [9.17, 15) is 5.11 Å². The van der Waals surface area contributed by atoms with Crippen LogP contribution in [-0.2, 0) is 0 Å². The minimum Gasteiger partial charge on any atom is -0.506 e. The molecule has 0 saturated carbocycles. The van der Waals surface area contributed by atoms with Crippen LogP contribution < -0.4 is 4.90 Å². The number of hydrogen-bond acceptors (Lipinski definition) is 6. The lowest BCUT2D eigenvalue weighted by molar-refractivity contribution is 0.474. The van der Waals surface area contributed by atoms with Crippen molar-refractivity contribution in [2.45, 2.75) is 0 Å². The van der Waals surface area contributed by atoms with E-state index in [1.807, 2.05) is 95.9 Å². The van der Waals surface area contributed by atoms with Crippen LogP contribution in [-0.4, -0.2) is 27.4 Å². The minimum absolute atomic E-state index is 0.119. The molecule has 1 heterocycles. The van der Waals surface area contributed by atoms with E-state index in [0.717, 1.165) is 17.1 Å². The summed E-state index contributed by atoms with van der Waals surface area (Å²) in [5.74, 6) is 0.500. The van der Waals surface area contributed by atoms with E-state index >= 15 is 0 Å². The summed E-state index contributed by atoms with van der Waals surface area (Å²) < 4.78 is 0. The van der Waals surface area contributed by atoms with Crippen LogP contribution in [0, 0.1) is 0 Å². The lowest BCUT2D eigenvalue weighted by atomic mass is 10.2. The van der Waals surface area contributed by atoms with Crippen molar-refractivity contribution in [3.05, 3.63) is 119 Å². The first kappa shape index (κ1) is 24.8. The van der Waals surface area contributed by atoms with Crippen LogP contribution in [0.5, 0.6) is 5.75 Å². The molecule has 0 aromatic heterocycles. The van der Waals surface area contributed by atoms with Gasteiger partial charge in [0.05, 0.1) is 22.6 Å². The minimum atomic E-state index is -0.119. The molecule has 0 aliphatic carbocycles. The molecule has 5 rings (SSSR count). The van der Waals surface area contributed by atoms with Crippen LogP contribution in [0.2, 0.25) is 10.0 Å². The number of para-hydroxylation sites is 3. The van der Waals surface area contributed by atoms with E-state index in [1.54, 1.807) is 6.07 Å². The van der Waals surface area contributed by atoms with Gasteiger partial charge in [-0.1, -0.05) is 77.8 Å². The largest absolute Gasteiger partial charge is 0.506 e. The number of phenols is 1. The van der Waals surface area contributed by atoms with Gasteiger partial charge < -0.3 is 5.11 Å². The Bertz CT molecular complexity index is 1520. The van der Waals surface area contributed by atoms with E-state index in [1.165, 1.54) is 24.0 Å². The summed E-state index contributed by atoms with van der Waals surface area (Å²) in [5, 5.41) is 20.7. The van der Waals surface area contributed by atoms with E-state index in [4.69, 9.17) is 33.2 Å². The fourth-order valence-corrected chi connectivity index (χ4v) is 4.91. The highest BCUT2D eigenvalue weighted by molar-refractivity contribution is 8.29. The Labute approximate surface area is 228 Å².